The van der Waals surface area contributed by atoms with Crippen LogP contribution in [0.5, 0.6) is 0 Å². The van der Waals surface area contributed by atoms with Crippen LogP contribution >= 0.6 is 0 Å². The molecule has 0 fully saturated rings. The Kier molecular flexibility index (Phi) is 6.48. The van der Waals surface area contributed by atoms with Gasteiger partial charge in [-0.15, -0.1) is 0 Å². The standard InChI is InChI=1S/C26H29N5O4/c1-25(2,3)21-24-31-20(23(28-4)34-13-5-12-29-33)22(35-24)26(15-27)11-10-17-8-6-16(14-18(17)26)7-9-19(32)30-21/h5-6,8,12-14,21,33H,7,9-11H2,1-4H3,(H,30,32)/b13-5+,28-23?,29-12+. The van der Waals surface area contributed by atoms with Crippen molar-refractivity contribution in [2.75, 3.05) is 7.05 Å². The highest BCUT2D eigenvalue weighted by atomic mass is 16.5. The zero-order valence-corrected chi connectivity index (χ0v) is 20.3. The summed E-state index contributed by atoms with van der Waals surface area (Å²) in [7, 11) is 1.55. The first-order chi connectivity index (χ1) is 16.7. The van der Waals surface area contributed by atoms with Gasteiger partial charge in [-0.05, 0) is 47.4 Å². The first kappa shape index (κ1) is 24.2. The highest BCUT2D eigenvalue weighted by Crippen LogP contribution is 2.47. The molecule has 1 aliphatic heterocycles. The van der Waals surface area contributed by atoms with Crippen molar-refractivity contribution in [3.63, 3.8) is 0 Å². The number of hydrogen-bond donors (Lipinski definition) is 2. The molecule has 9 heteroatoms. The van der Waals surface area contributed by atoms with E-state index in [1.165, 1.54) is 12.3 Å². The van der Waals surface area contributed by atoms with Gasteiger partial charge in [-0.25, -0.2) is 4.98 Å². The lowest BCUT2D eigenvalue weighted by Crippen LogP contribution is -2.37. The van der Waals surface area contributed by atoms with Crippen LogP contribution in [-0.4, -0.2) is 35.3 Å². The number of benzene rings is 1. The van der Waals surface area contributed by atoms with Crippen molar-refractivity contribution in [2.24, 2.45) is 15.6 Å². The van der Waals surface area contributed by atoms with Crippen LogP contribution in [0.1, 0.15) is 73.7 Å². The molecule has 2 heterocycles. The number of allylic oxidation sites excluding steroid dienone is 1. The molecule has 0 saturated carbocycles. The van der Waals surface area contributed by atoms with Crippen molar-refractivity contribution >= 4 is 18.0 Å². The Morgan fingerprint density at radius 2 is 2.17 bits per heavy atom. The summed E-state index contributed by atoms with van der Waals surface area (Å²) in [6.07, 6.45) is 5.97. The molecule has 2 aliphatic rings. The van der Waals surface area contributed by atoms with Gasteiger partial charge < -0.3 is 19.7 Å². The average molecular weight is 476 g/mol. The normalized spacial score (nSPS) is 22.5. The van der Waals surface area contributed by atoms with Crippen LogP contribution in [0, 0.1) is 16.7 Å². The van der Waals surface area contributed by atoms with Crippen molar-refractivity contribution < 1.29 is 19.2 Å². The van der Waals surface area contributed by atoms with Gasteiger partial charge >= 0.3 is 0 Å². The maximum Gasteiger partial charge on any atom is 0.243 e. The predicted molar refractivity (Wildman–Crippen MR) is 129 cm³/mol. The Bertz CT molecular complexity index is 1260. The molecular formula is C26H29N5O4. The maximum atomic E-state index is 12.9. The number of fused-ring (bicyclic) bond motifs is 4. The number of oxazole rings is 1. The second-order valence-corrected chi connectivity index (χ2v) is 9.84. The molecule has 1 aliphatic carbocycles. The third-order valence-electron chi connectivity index (χ3n) is 6.50. The van der Waals surface area contributed by atoms with Crippen LogP contribution < -0.4 is 5.32 Å². The number of nitrogens with one attached hydrogen (secondary N) is 1. The van der Waals surface area contributed by atoms with E-state index in [0.717, 1.165) is 22.9 Å². The number of aromatic nitrogens is 1. The van der Waals surface area contributed by atoms with Gasteiger partial charge in [0.15, 0.2) is 11.5 Å². The molecule has 2 unspecified atom stereocenters. The Morgan fingerprint density at radius 3 is 2.86 bits per heavy atom. The molecular weight excluding hydrogens is 446 g/mol. The van der Waals surface area contributed by atoms with E-state index in [-0.39, 0.29) is 11.8 Å². The lowest BCUT2D eigenvalue weighted by atomic mass is 9.79. The van der Waals surface area contributed by atoms with Crippen molar-refractivity contribution in [2.45, 2.75) is 57.9 Å². The number of nitrogens with zero attached hydrogens (tertiary/aromatic N) is 4. The van der Waals surface area contributed by atoms with E-state index >= 15 is 0 Å². The first-order valence-corrected chi connectivity index (χ1v) is 11.5. The number of carbonyl (C=O) groups is 1. The summed E-state index contributed by atoms with van der Waals surface area (Å²) in [4.78, 5) is 21.9. The highest BCUT2D eigenvalue weighted by molar-refractivity contribution is 5.94. The second-order valence-electron chi connectivity index (χ2n) is 9.84. The molecule has 0 spiro atoms. The number of aryl methyl sites for hydroxylation is 2. The number of hydrogen-bond acceptors (Lipinski definition) is 8. The van der Waals surface area contributed by atoms with Gasteiger partial charge in [0.25, 0.3) is 0 Å². The number of rotatable bonds is 3. The van der Waals surface area contributed by atoms with Crippen LogP contribution in [0.25, 0.3) is 0 Å². The van der Waals surface area contributed by atoms with Gasteiger partial charge in [0, 0.05) is 13.5 Å². The first-order valence-electron chi connectivity index (χ1n) is 11.5. The van der Waals surface area contributed by atoms with E-state index in [2.05, 4.69) is 21.5 Å². The molecule has 4 rings (SSSR count). The van der Waals surface area contributed by atoms with E-state index in [1.807, 2.05) is 39.0 Å². The molecule has 1 aromatic heterocycles. The van der Waals surface area contributed by atoms with Crippen molar-refractivity contribution in [3.8, 4) is 6.07 Å². The number of oxime groups is 1. The SMILES string of the molecule is CN=C(O/C=C/C=N/O)c1nc2oc1C1(C#N)CCc3ccc(cc31)CCC(=O)NC2C(C)(C)C. The topological polar surface area (TPSA) is 133 Å². The molecule has 4 bridgehead atoms. The van der Waals surface area contributed by atoms with Gasteiger partial charge in [0.05, 0.1) is 18.5 Å². The molecule has 0 saturated heterocycles. The number of nitriles is 1. The Morgan fingerprint density at radius 1 is 1.37 bits per heavy atom. The third kappa shape index (κ3) is 4.44. The summed E-state index contributed by atoms with van der Waals surface area (Å²) in [5.41, 5.74) is 1.73. The van der Waals surface area contributed by atoms with Crippen molar-refractivity contribution in [1.29, 1.82) is 5.26 Å². The third-order valence-corrected chi connectivity index (χ3v) is 6.50. The molecule has 2 atom stereocenters. The summed E-state index contributed by atoms with van der Waals surface area (Å²) in [5, 5.41) is 25.2. The monoisotopic (exact) mass is 475 g/mol. The molecule has 2 aromatic rings. The molecule has 1 amide bonds. The van der Waals surface area contributed by atoms with E-state index in [0.29, 0.717) is 43.0 Å². The quantitative estimate of drug-likeness (QED) is 0.227. The fourth-order valence-corrected chi connectivity index (χ4v) is 4.68. The molecule has 2 N–H and O–H groups in total. The molecule has 182 valence electrons. The van der Waals surface area contributed by atoms with Gasteiger partial charge in [0.2, 0.25) is 17.7 Å². The maximum absolute atomic E-state index is 12.9. The smallest absolute Gasteiger partial charge is 0.243 e. The Labute approximate surface area is 204 Å². The van der Waals surface area contributed by atoms with Crippen molar-refractivity contribution in [3.05, 3.63) is 64.6 Å². The number of amides is 1. The van der Waals surface area contributed by atoms with E-state index in [1.54, 1.807) is 7.05 Å². The summed E-state index contributed by atoms with van der Waals surface area (Å²) in [6, 6.07) is 8.06. The fourth-order valence-electron chi connectivity index (χ4n) is 4.68. The zero-order chi connectivity index (χ0) is 25.2. The van der Waals surface area contributed by atoms with Gasteiger partial charge in [-0.2, -0.15) is 5.26 Å². The largest absolute Gasteiger partial charge is 0.445 e. The zero-order valence-electron chi connectivity index (χ0n) is 20.3. The molecule has 9 nitrogen and oxygen atoms in total. The minimum Gasteiger partial charge on any atom is -0.445 e. The van der Waals surface area contributed by atoms with Gasteiger partial charge in [-0.3, -0.25) is 9.79 Å². The molecule has 0 radical (unpaired) electrons. The summed E-state index contributed by atoms with van der Waals surface area (Å²) in [6.45, 7) is 5.98. The Balaban J connectivity index is 1.97. The van der Waals surface area contributed by atoms with Gasteiger partial charge in [0.1, 0.15) is 11.5 Å². The fraction of sp³-hybridized carbons (Fsp3) is 0.423. The second kappa shape index (κ2) is 9.37. The highest BCUT2D eigenvalue weighted by Gasteiger charge is 2.48. The number of carbonyl (C=O) groups excluding carboxylic acids is 1. The van der Waals surface area contributed by atoms with E-state index < -0.39 is 16.9 Å². The Hall–Kier alpha value is -3.93. The average Bonchev–Trinajstić information content (AvgIpc) is 3.42. The number of aliphatic imine (C=N–C) groups is 1. The number of ether oxygens (including phenoxy) is 1. The molecule has 1 aromatic carbocycles. The van der Waals surface area contributed by atoms with Crippen molar-refractivity contribution in [1.82, 2.24) is 10.3 Å². The summed E-state index contributed by atoms with van der Waals surface area (Å²) >= 11 is 0. The molecule has 35 heavy (non-hydrogen) atoms. The lowest BCUT2D eigenvalue weighted by Gasteiger charge is -2.29. The minimum atomic E-state index is -1.08. The van der Waals surface area contributed by atoms with Gasteiger partial charge in [-0.1, -0.05) is 44.1 Å². The van der Waals surface area contributed by atoms with E-state index in [4.69, 9.17) is 19.3 Å². The lowest BCUT2D eigenvalue weighted by molar-refractivity contribution is -0.122. The van der Waals surface area contributed by atoms with Crippen LogP contribution in [-0.2, 0) is 27.8 Å². The minimum absolute atomic E-state index is 0.106. The van der Waals surface area contributed by atoms with Crippen LogP contribution in [0.15, 0.2) is 45.1 Å². The summed E-state index contributed by atoms with van der Waals surface area (Å²) in [5.74, 6) is 0.678. The summed E-state index contributed by atoms with van der Waals surface area (Å²) < 4.78 is 12.1. The van der Waals surface area contributed by atoms with Crippen LogP contribution in [0.3, 0.4) is 0 Å². The van der Waals surface area contributed by atoms with Crippen LogP contribution in [0.2, 0.25) is 0 Å². The predicted octanol–water partition coefficient (Wildman–Crippen LogP) is 3.95. The van der Waals surface area contributed by atoms with E-state index in [9.17, 15) is 10.1 Å². The van der Waals surface area contributed by atoms with Crippen LogP contribution in [0.4, 0.5) is 0 Å².